The van der Waals surface area contributed by atoms with Gasteiger partial charge in [-0.1, -0.05) is 39.5 Å². The smallest absolute Gasteiger partial charge is 0.220 e. The van der Waals surface area contributed by atoms with E-state index in [0.717, 1.165) is 25.3 Å². The van der Waals surface area contributed by atoms with Crippen LogP contribution in [0, 0.1) is 5.92 Å². The van der Waals surface area contributed by atoms with Gasteiger partial charge in [0.25, 0.3) is 0 Å². The highest BCUT2D eigenvalue weighted by Crippen LogP contribution is 2.08. The van der Waals surface area contributed by atoms with Crippen LogP contribution in [-0.2, 0) is 4.79 Å². The summed E-state index contributed by atoms with van der Waals surface area (Å²) in [5.74, 6) is 0.962. The molecule has 96 valence electrons. The standard InChI is InChI=1S/C13H28N2O/c1-12(2)8-5-3-4-6-11-15-13(16)9-7-10-14/h12H,3-11,14H2,1-2H3,(H,15,16). The summed E-state index contributed by atoms with van der Waals surface area (Å²) in [6.07, 6.45) is 7.62. The molecule has 1 amide bonds. The fraction of sp³-hybridized carbons (Fsp3) is 0.923. The van der Waals surface area contributed by atoms with Crippen LogP contribution in [0.4, 0.5) is 0 Å². The van der Waals surface area contributed by atoms with Crippen LogP contribution in [0.1, 0.15) is 58.8 Å². The molecule has 0 aromatic carbocycles. The molecular weight excluding hydrogens is 200 g/mol. The highest BCUT2D eigenvalue weighted by molar-refractivity contribution is 5.75. The zero-order valence-electron chi connectivity index (χ0n) is 10.9. The third-order valence-electron chi connectivity index (χ3n) is 2.64. The quantitative estimate of drug-likeness (QED) is 0.564. The molecule has 0 aromatic heterocycles. The lowest BCUT2D eigenvalue weighted by molar-refractivity contribution is -0.121. The topological polar surface area (TPSA) is 55.1 Å². The molecule has 0 atom stereocenters. The van der Waals surface area contributed by atoms with Crippen LogP contribution in [0.15, 0.2) is 0 Å². The molecule has 0 fully saturated rings. The number of unbranched alkanes of at least 4 members (excludes halogenated alkanes) is 3. The molecule has 3 nitrogen and oxygen atoms in total. The van der Waals surface area contributed by atoms with Crippen molar-refractivity contribution < 1.29 is 4.79 Å². The zero-order valence-corrected chi connectivity index (χ0v) is 10.9. The van der Waals surface area contributed by atoms with Gasteiger partial charge in [-0.3, -0.25) is 4.79 Å². The summed E-state index contributed by atoms with van der Waals surface area (Å²) in [6, 6.07) is 0. The summed E-state index contributed by atoms with van der Waals surface area (Å²) >= 11 is 0. The number of hydrogen-bond donors (Lipinski definition) is 2. The third-order valence-corrected chi connectivity index (χ3v) is 2.64. The van der Waals surface area contributed by atoms with E-state index >= 15 is 0 Å². The monoisotopic (exact) mass is 228 g/mol. The molecule has 0 rings (SSSR count). The first-order valence-corrected chi connectivity index (χ1v) is 6.63. The summed E-state index contributed by atoms with van der Waals surface area (Å²) in [5, 5.41) is 2.92. The van der Waals surface area contributed by atoms with Crippen LogP contribution < -0.4 is 11.1 Å². The lowest BCUT2D eigenvalue weighted by Gasteiger charge is -2.06. The van der Waals surface area contributed by atoms with Gasteiger partial charge < -0.3 is 11.1 Å². The van der Waals surface area contributed by atoms with Crippen LogP contribution in [0.3, 0.4) is 0 Å². The average molecular weight is 228 g/mol. The van der Waals surface area contributed by atoms with Gasteiger partial charge in [-0.05, 0) is 25.3 Å². The Bertz CT molecular complexity index is 169. The van der Waals surface area contributed by atoms with E-state index in [9.17, 15) is 4.79 Å². The van der Waals surface area contributed by atoms with Gasteiger partial charge >= 0.3 is 0 Å². The van der Waals surface area contributed by atoms with Crippen molar-refractivity contribution in [2.45, 2.75) is 58.8 Å². The van der Waals surface area contributed by atoms with E-state index in [1.807, 2.05) is 0 Å². The maximum atomic E-state index is 11.2. The Kier molecular flexibility index (Phi) is 10.5. The van der Waals surface area contributed by atoms with Gasteiger partial charge in [0.1, 0.15) is 0 Å². The number of nitrogens with two attached hydrogens (primary N) is 1. The molecule has 3 N–H and O–H groups in total. The fourth-order valence-electron chi connectivity index (χ4n) is 1.61. The lowest BCUT2D eigenvalue weighted by Crippen LogP contribution is -2.24. The van der Waals surface area contributed by atoms with E-state index < -0.39 is 0 Å². The van der Waals surface area contributed by atoms with Crippen LogP contribution in [0.2, 0.25) is 0 Å². The van der Waals surface area contributed by atoms with Crippen molar-refractivity contribution in [1.29, 1.82) is 0 Å². The van der Waals surface area contributed by atoms with Crippen LogP contribution in [0.25, 0.3) is 0 Å². The van der Waals surface area contributed by atoms with Gasteiger partial charge in [-0.2, -0.15) is 0 Å². The molecule has 0 aromatic rings. The maximum Gasteiger partial charge on any atom is 0.220 e. The van der Waals surface area contributed by atoms with E-state index in [0.29, 0.717) is 13.0 Å². The number of carbonyl (C=O) groups excluding carboxylic acids is 1. The van der Waals surface area contributed by atoms with E-state index in [1.165, 1.54) is 25.7 Å². The molecule has 0 aliphatic carbocycles. The Morgan fingerprint density at radius 3 is 2.44 bits per heavy atom. The van der Waals surface area contributed by atoms with E-state index in [-0.39, 0.29) is 5.91 Å². The van der Waals surface area contributed by atoms with Crippen molar-refractivity contribution in [3.63, 3.8) is 0 Å². The van der Waals surface area contributed by atoms with Gasteiger partial charge in [0.15, 0.2) is 0 Å². The molecule has 0 bridgehead atoms. The lowest BCUT2D eigenvalue weighted by atomic mass is 10.0. The zero-order chi connectivity index (χ0) is 12.2. The number of nitrogens with one attached hydrogen (secondary N) is 1. The van der Waals surface area contributed by atoms with E-state index in [1.54, 1.807) is 0 Å². The molecule has 0 saturated carbocycles. The largest absolute Gasteiger partial charge is 0.356 e. The molecule has 0 unspecified atom stereocenters. The second-order valence-electron chi connectivity index (χ2n) is 4.84. The molecule has 0 heterocycles. The van der Waals surface area contributed by atoms with Crippen molar-refractivity contribution in [1.82, 2.24) is 5.32 Å². The summed E-state index contributed by atoms with van der Waals surface area (Å²) in [4.78, 5) is 11.2. The van der Waals surface area contributed by atoms with Gasteiger partial charge in [-0.25, -0.2) is 0 Å². The van der Waals surface area contributed by atoms with Gasteiger partial charge in [0, 0.05) is 13.0 Å². The van der Waals surface area contributed by atoms with Gasteiger partial charge in [-0.15, -0.1) is 0 Å². The molecular formula is C13H28N2O. The van der Waals surface area contributed by atoms with Crippen LogP contribution >= 0.6 is 0 Å². The molecule has 0 aliphatic heterocycles. The summed E-state index contributed by atoms with van der Waals surface area (Å²) < 4.78 is 0. The number of amides is 1. The van der Waals surface area contributed by atoms with Crippen LogP contribution in [-0.4, -0.2) is 19.0 Å². The van der Waals surface area contributed by atoms with Crippen molar-refractivity contribution in [2.24, 2.45) is 11.7 Å². The molecule has 3 heteroatoms. The predicted octanol–water partition coefficient (Wildman–Crippen LogP) is 2.45. The molecule has 0 saturated heterocycles. The third kappa shape index (κ3) is 11.5. The first kappa shape index (κ1) is 15.4. The fourth-order valence-corrected chi connectivity index (χ4v) is 1.61. The first-order chi connectivity index (χ1) is 7.66. The maximum absolute atomic E-state index is 11.2. The molecule has 0 radical (unpaired) electrons. The van der Waals surface area contributed by atoms with Crippen molar-refractivity contribution in [2.75, 3.05) is 13.1 Å². The summed E-state index contributed by atoms with van der Waals surface area (Å²) in [6.45, 7) is 5.95. The average Bonchev–Trinajstić information content (AvgIpc) is 2.24. The molecule has 0 spiro atoms. The molecule has 0 aliphatic rings. The second kappa shape index (κ2) is 10.9. The SMILES string of the molecule is CC(C)CCCCCCNC(=O)CCCN. The first-order valence-electron chi connectivity index (χ1n) is 6.63. The summed E-state index contributed by atoms with van der Waals surface area (Å²) in [7, 11) is 0. The number of rotatable bonds is 10. The number of carbonyl (C=O) groups is 1. The Balaban J connectivity index is 3.11. The normalized spacial score (nSPS) is 10.8. The predicted molar refractivity (Wildman–Crippen MR) is 69.2 cm³/mol. The second-order valence-corrected chi connectivity index (χ2v) is 4.84. The minimum Gasteiger partial charge on any atom is -0.356 e. The van der Waals surface area contributed by atoms with Crippen molar-refractivity contribution in [3.05, 3.63) is 0 Å². The van der Waals surface area contributed by atoms with Gasteiger partial charge in [0.2, 0.25) is 5.91 Å². The minimum absolute atomic E-state index is 0.146. The Hall–Kier alpha value is -0.570. The van der Waals surface area contributed by atoms with Crippen molar-refractivity contribution in [3.8, 4) is 0 Å². The highest BCUT2D eigenvalue weighted by Gasteiger charge is 1.99. The Morgan fingerprint density at radius 1 is 1.12 bits per heavy atom. The molecule has 16 heavy (non-hydrogen) atoms. The van der Waals surface area contributed by atoms with E-state index in [2.05, 4.69) is 19.2 Å². The van der Waals surface area contributed by atoms with Crippen molar-refractivity contribution >= 4 is 5.91 Å². The Morgan fingerprint density at radius 2 is 1.81 bits per heavy atom. The summed E-state index contributed by atoms with van der Waals surface area (Å²) in [5.41, 5.74) is 5.33. The van der Waals surface area contributed by atoms with Crippen LogP contribution in [0.5, 0.6) is 0 Å². The van der Waals surface area contributed by atoms with Gasteiger partial charge in [0.05, 0.1) is 0 Å². The number of hydrogen-bond acceptors (Lipinski definition) is 2. The minimum atomic E-state index is 0.146. The Labute approximate surface area is 100 Å². The highest BCUT2D eigenvalue weighted by atomic mass is 16.1. The van der Waals surface area contributed by atoms with E-state index in [4.69, 9.17) is 5.73 Å².